The number of aliphatic hydroxyl groups excluding tert-OH is 6. The van der Waals surface area contributed by atoms with Gasteiger partial charge in [0.1, 0.15) is 42.7 Å². The van der Waals surface area contributed by atoms with Crippen molar-refractivity contribution >= 4 is 0 Å². The zero-order valence-corrected chi connectivity index (χ0v) is 18.0. The fourth-order valence-electron chi connectivity index (χ4n) is 5.69. The molecule has 0 aromatic rings. The normalized spacial score (nSPS) is 51.9. The fourth-order valence-corrected chi connectivity index (χ4v) is 5.69. The highest BCUT2D eigenvalue weighted by atomic mass is 16.7. The zero-order valence-electron chi connectivity index (χ0n) is 18.0. The number of fused-ring (bicyclic) bond motifs is 2. The molecule has 0 amide bonds. The van der Waals surface area contributed by atoms with Gasteiger partial charge in [-0.3, -0.25) is 0 Å². The third kappa shape index (κ3) is 4.40. The van der Waals surface area contributed by atoms with E-state index in [0.29, 0.717) is 23.9 Å². The summed E-state index contributed by atoms with van der Waals surface area (Å²) in [7, 11) is 0. The van der Waals surface area contributed by atoms with Crippen molar-refractivity contribution < 1.29 is 49.6 Å². The van der Waals surface area contributed by atoms with Crippen molar-refractivity contribution in [1.82, 2.24) is 0 Å². The van der Waals surface area contributed by atoms with Crippen LogP contribution in [0.25, 0.3) is 0 Å². The van der Waals surface area contributed by atoms with E-state index >= 15 is 0 Å². The SMILES string of the molecule is CC1(C)[C@@H]2CC[C@H](CO[C@@H]3O[C@H](CO[C@H]4OC[C@@H](O)[C@@H](O)[C@H]4O)[C@H](O)[C@H](O)[C@H]3O)[C@H]1C2. The highest BCUT2D eigenvalue weighted by Crippen LogP contribution is 2.61. The Bertz CT molecular complexity index is 615. The molecule has 2 heterocycles. The van der Waals surface area contributed by atoms with E-state index in [-0.39, 0.29) is 13.2 Å². The summed E-state index contributed by atoms with van der Waals surface area (Å²) in [4.78, 5) is 0. The molecular formula is C21H36O10. The second kappa shape index (κ2) is 9.09. The van der Waals surface area contributed by atoms with Crippen LogP contribution in [0.5, 0.6) is 0 Å². The van der Waals surface area contributed by atoms with Crippen LogP contribution in [0.15, 0.2) is 0 Å². The van der Waals surface area contributed by atoms with Crippen LogP contribution in [0.3, 0.4) is 0 Å². The van der Waals surface area contributed by atoms with Crippen LogP contribution in [0, 0.1) is 23.2 Å². The number of hydrogen-bond acceptors (Lipinski definition) is 10. The minimum atomic E-state index is -1.49. The van der Waals surface area contributed by atoms with Crippen LogP contribution in [0.1, 0.15) is 33.1 Å². The van der Waals surface area contributed by atoms with Crippen LogP contribution in [0.2, 0.25) is 0 Å². The van der Waals surface area contributed by atoms with Gasteiger partial charge in [-0.05, 0) is 42.4 Å². The molecule has 10 heteroatoms. The van der Waals surface area contributed by atoms with E-state index in [9.17, 15) is 30.6 Å². The molecule has 5 fully saturated rings. The zero-order chi connectivity index (χ0) is 22.5. The van der Waals surface area contributed by atoms with Crippen molar-refractivity contribution in [2.45, 2.75) is 88.4 Å². The predicted octanol–water partition coefficient (Wildman–Crippen LogP) is -1.66. The molecule has 3 saturated carbocycles. The molecule has 0 aromatic heterocycles. The summed E-state index contributed by atoms with van der Waals surface area (Å²) in [6, 6.07) is 0. The second-order valence-electron chi connectivity index (χ2n) is 10.1. The molecule has 0 aromatic carbocycles. The van der Waals surface area contributed by atoms with Crippen molar-refractivity contribution in [3.63, 3.8) is 0 Å². The van der Waals surface area contributed by atoms with Gasteiger partial charge in [-0.25, -0.2) is 0 Å². The van der Waals surface area contributed by atoms with Crippen molar-refractivity contribution in [3.8, 4) is 0 Å². The van der Waals surface area contributed by atoms with Crippen molar-refractivity contribution in [2.24, 2.45) is 23.2 Å². The molecular weight excluding hydrogens is 412 g/mol. The summed E-state index contributed by atoms with van der Waals surface area (Å²) in [6.45, 7) is 4.47. The van der Waals surface area contributed by atoms with E-state index in [1.807, 2.05) is 0 Å². The van der Waals surface area contributed by atoms with Gasteiger partial charge in [0.15, 0.2) is 12.6 Å². The smallest absolute Gasteiger partial charge is 0.186 e. The fraction of sp³-hybridized carbons (Fsp3) is 1.00. The molecule has 31 heavy (non-hydrogen) atoms. The average Bonchev–Trinajstić information content (AvgIpc) is 2.75. The Labute approximate surface area is 181 Å². The van der Waals surface area contributed by atoms with E-state index in [2.05, 4.69) is 13.8 Å². The summed E-state index contributed by atoms with van der Waals surface area (Å²) in [6.07, 6.45) is -8.46. The number of rotatable bonds is 6. The minimum Gasteiger partial charge on any atom is -0.388 e. The molecule has 2 aliphatic heterocycles. The van der Waals surface area contributed by atoms with E-state index in [1.165, 1.54) is 6.42 Å². The highest BCUT2D eigenvalue weighted by molar-refractivity contribution is 5.03. The molecule has 0 unspecified atom stereocenters. The highest BCUT2D eigenvalue weighted by Gasteiger charge is 2.54. The first kappa shape index (κ1) is 23.7. The minimum absolute atomic E-state index is 0.218. The van der Waals surface area contributed by atoms with Crippen LogP contribution in [-0.4, -0.2) is 106 Å². The third-order valence-electron chi connectivity index (χ3n) is 8.02. The van der Waals surface area contributed by atoms with E-state index in [1.54, 1.807) is 0 Å². The quantitative estimate of drug-likeness (QED) is 0.278. The Kier molecular flexibility index (Phi) is 6.97. The van der Waals surface area contributed by atoms with Gasteiger partial charge in [0.2, 0.25) is 0 Å². The molecule has 0 spiro atoms. The van der Waals surface area contributed by atoms with Gasteiger partial charge in [-0.2, -0.15) is 0 Å². The number of hydrogen-bond donors (Lipinski definition) is 6. The Morgan fingerprint density at radius 2 is 1.48 bits per heavy atom. The van der Waals surface area contributed by atoms with Gasteiger partial charge in [-0.1, -0.05) is 13.8 Å². The molecule has 180 valence electrons. The molecule has 5 aliphatic rings. The van der Waals surface area contributed by atoms with Crippen molar-refractivity contribution in [1.29, 1.82) is 0 Å². The molecule has 6 N–H and O–H groups in total. The molecule has 3 aliphatic carbocycles. The van der Waals surface area contributed by atoms with Gasteiger partial charge in [0.05, 0.1) is 19.8 Å². The lowest BCUT2D eigenvalue weighted by atomic mass is 9.46. The Morgan fingerprint density at radius 1 is 0.806 bits per heavy atom. The van der Waals surface area contributed by atoms with E-state index in [4.69, 9.17) is 18.9 Å². The Morgan fingerprint density at radius 3 is 2.16 bits per heavy atom. The maximum absolute atomic E-state index is 10.3. The first-order valence-corrected chi connectivity index (χ1v) is 11.2. The summed E-state index contributed by atoms with van der Waals surface area (Å²) in [5.74, 6) is 1.68. The van der Waals surface area contributed by atoms with Gasteiger partial charge in [0, 0.05) is 0 Å². The second-order valence-corrected chi connectivity index (χ2v) is 10.1. The number of aliphatic hydroxyl groups is 6. The van der Waals surface area contributed by atoms with E-state index in [0.717, 1.165) is 18.8 Å². The first-order valence-electron chi connectivity index (χ1n) is 11.2. The van der Waals surface area contributed by atoms with Crippen LogP contribution in [-0.2, 0) is 18.9 Å². The van der Waals surface area contributed by atoms with Gasteiger partial charge in [-0.15, -0.1) is 0 Å². The monoisotopic (exact) mass is 448 g/mol. The predicted molar refractivity (Wildman–Crippen MR) is 104 cm³/mol. The van der Waals surface area contributed by atoms with E-state index < -0.39 is 55.3 Å². The summed E-state index contributed by atoms with van der Waals surface area (Å²) in [5.41, 5.74) is 0.295. The first-order chi connectivity index (χ1) is 14.6. The van der Waals surface area contributed by atoms with Crippen LogP contribution in [0.4, 0.5) is 0 Å². The van der Waals surface area contributed by atoms with Crippen molar-refractivity contribution in [2.75, 3.05) is 19.8 Å². The maximum atomic E-state index is 10.3. The van der Waals surface area contributed by atoms with Crippen molar-refractivity contribution in [3.05, 3.63) is 0 Å². The van der Waals surface area contributed by atoms with Crippen LogP contribution >= 0.6 is 0 Å². The molecule has 2 bridgehead atoms. The molecule has 0 radical (unpaired) electrons. The topological polar surface area (TPSA) is 158 Å². The third-order valence-corrected chi connectivity index (χ3v) is 8.02. The molecule has 12 atom stereocenters. The van der Waals surface area contributed by atoms with Gasteiger partial charge in [0.25, 0.3) is 0 Å². The summed E-state index contributed by atoms with van der Waals surface area (Å²) in [5, 5.41) is 60.1. The Hall–Kier alpha value is -0.400. The lowest BCUT2D eigenvalue weighted by molar-refractivity contribution is -0.324. The molecule has 5 rings (SSSR count). The molecule has 2 saturated heterocycles. The molecule has 10 nitrogen and oxygen atoms in total. The standard InChI is InChI=1S/C21H36O10/c1-21(2)10-4-3-9(11(21)5-10)6-28-20-18(27)16(25)15(24)13(31-20)8-30-19-17(26)14(23)12(22)7-29-19/h9-20,22-27H,3-8H2,1-2H3/t9-,10-,11-,12-,13-,14-,15+,16+,17-,18-,19-,20-/m1/s1. The number of ether oxygens (including phenoxy) is 4. The lowest BCUT2D eigenvalue weighted by Crippen LogP contribution is -2.61. The van der Waals surface area contributed by atoms with Gasteiger partial charge >= 0.3 is 0 Å². The lowest BCUT2D eigenvalue weighted by Gasteiger charge is -2.60. The van der Waals surface area contributed by atoms with Gasteiger partial charge < -0.3 is 49.6 Å². The van der Waals surface area contributed by atoms with Crippen LogP contribution < -0.4 is 0 Å². The average molecular weight is 449 g/mol. The largest absolute Gasteiger partial charge is 0.388 e. The maximum Gasteiger partial charge on any atom is 0.186 e. The summed E-state index contributed by atoms with van der Waals surface area (Å²) >= 11 is 0. The Balaban J connectivity index is 1.31. The summed E-state index contributed by atoms with van der Waals surface area (Å²) < 4.78 is 22.2.